The van der Waals surface area contributed by atoms with E-state index < -0.39 is 11.7 Å². The molecule has 4 heteroatoms. The lowest BCUT2D eigenvalue weighted by atomic mass is 10.1. The average Bonchev–Trinajstić information content (AvgIpc) is 2.28. The summed E-state index contributed by atoms with van der Waals surface area (Å²) in [6, 6.07) is 0. The van der Waals surface area contributed by atoms with Gasteiger partial charge in [-0.3, -0.25) is 0 Å². The summed E-state index contributed by atoms with van der Waals surface area (Å²) >= 11 is 0. The largest absolute Gasteiger partial charge is 0.444 e. The Morgan fingerprint density at radius 1 is 1.43 bits per heavy atom. The van der Waals surface area contributed by atoms with Crippen LogP contribution in [0, 0.1) is 5.92 Å². The lowest BCUT2D eigenvalue weighted by Crippen LogP contribution is -2.35. The maximum absolute atomic E-state index is 11.5. The monoisotopic (exact) mass is 201 g/mol. The normalized spacial score (nSPS) is 27.9. The second-order valence-corrected chi connectivity index (χ2v) is 4.93. The molecule has 0 aromatic heterocycles. The van der Waals surface area contributed by atoms with Crippen LogP contribution in [0.5, 0.6) is 0 Å². The van der Waals surface area contributed by atoms with E-state index in [2.05, 4.69) is 0 Å². The van der Waals surface area contributed by atoms with Gasteiger partial charge in [-0.1, -0.05) is 6.92 Å². The molecule has 1 rings (SSSR count). The highest BCUT2D eigenvalue weighted by molar-refractivity contribution is 5.68. The van der Waals surface area contributed by atoms with E-state index in [1.54, 1.807) is 4.90 Å². The number of carbonyl (C=O) groups is 1. The Morgan fingerprint density at radius 2 is 2.00 bits per heavy atom. The summed E-state index contributed by atoms with van der Waals surface area (Å²) in [5.41, 5.74) is -0.464. The Morgan fingerprint density at radius 3 is 2.36 bits per heavy atom. The number of aliphatic hydroxyl groups excluding tert-OH is 1. The molecule has 0 bridgehead atoms. The molecule has 0 unspecified atom stereocenters. The highest BCUT2D eigenvalue weighted by atomic mass is 16.6. The zero-order valence-electron chi connectivity index (χ0n) is 9.28. The van der Waals surface area contributed by atoms with Crippen LogP contribution in [0.25, 0.3) is 0 Å². The van der Waals surface area contributed by atoms with Crippen molar-refractivity contribution in [2.75, 3.05) is 13.1 Å². The Kier molecular flexibility index (Phi) is 3.04. The van der Waals surface area contributed by atoms with Gasteiger partial charge in [0.15, 0.2) is 0 Å². The van der Waals surface area contributed by atoms with Crippen LogP contribution in [0.15, 0.2) is 0 Å². The zero-order valence-corrected chi connectivity index (χ0v) is 9.28. The number of β-amino-alcohol motifs (C(OH)–C–C–N with tert-alkyl or cyclic N) is 1. The van der Waals surface area contributed by atoms with E-state index in [9.17, 15) is 9.90 Å². The lowest BCUT2D eigenvalue weighted by molar-refractivity contribution is 0.0270. The number of hydrogen-bond donors (Lipinski definition) is 1. The quantitative estimate of drug-likeness (QED) is 0.641. The van der Waals surface area contributed by atoms with Gasteiger partial charge in [0.1, 0.15) is 5.60 Å². The van der Waals surface area contributed by atoms with Crippen LogP contribution in [0.3, 0.4) is 0 Å². The predicted octanol–water partition coefficient (Wildman–Crippen LogP) is 1.23. The topological polar surface area (TPSA) is 49.8 Å². The molecule has 0 saturated carbocycles. The van der Waals surface area contributed by atoms with E-state index in [0.717, 1.165) is 0 Å². The highest BCUT2D eigenvalue weighted by Crippen LogP contribution is 2.19. The molecule has 0 aliphatic carbocycles. The Labute approximate surface area is 84.8 Å². The summed E-state index contributed by atoms with van der Waals surface area (Å²) in [7, 11) is 0. The maximum Gasteiger partial charge on any atom is 0.410 e. The van der Waals surface area contributed by atoms with E-state index >= 15 is 0 Å². The number of aliphatic hydroxyl groups is 1. The molecule has 1 amide bonds. The van der Waals surface area contributed by atoms with Crippen molar-refractivity contribution in [1.82, 2.24) is 4.90 Å². The van der Waals surface area contributed by atoms with Gasteiger partial charge in [0.25, 0.3) is 0 Å². The minimum absolute atomic E-state index is 0.141. The molecular formula is C10H19NO3. The summed E-state index contributed by atoms with van der Waals surface area (Å²) in [5.74, 6) is 0.141. The first-order valence-electron chi connectivity index (χ1n) is 4.95. The summed E-state index contributed by atoms with van der Waals surface area (Å²) in [4.78, 5) is 13.1. The number of amides is 1. The fourth-order valence-electron chi connectivity index (χ4n) is 1.43. The Bertz CT molecular complexity index is 212. The fraction of sp³-hybridized carbons (Fsp3) is 0.900. The molecule has 0 aromatic carbocycles. The van der Waals surface area contributed by atoms with Gasteiger partial charge in [-0.05, 0) is 20.8 Å². The maximum atomic E-state index is 11.5. The number of likely N-dealkylation sites (tertiary alicyclic amines) is 1. The van der Waals surface area contributed by atoms with Gasteiger partial charge in [0.2, 0.25) is 0 Å². The number of carbonyl (C=O) groups excluding carboxylic acids is 1. The SMILES string of the molecule is C[C@H]1CN(C(=O)OC(C)(C)C)C[C@H]1O. The molecular weight excluding hydrogens is 182 g/mol. The van der Waals surface area contributed by atoms with Crippen LogP contribution >= 0.6 is 0 Å². The summed E-state index contributed by atoms with van der Waals surface area (Å²) in [6.45, 7) is 8.39. The zero-order chi connectivity index (χ0) is 10.9. The average molecular weight is 201 g/mol. The second-order valence-electron chi connectivity index (χ2n) is 4.93. The van der Waals surface area contributed by atoms with Crippen LogP contribution in [0.4, 0.5) is 4.79 Å². The first-order chi connectivity index (χ1) is 6.29. The summed E-state index contributed by atoms with van der Waals surface area (Å²) < 4.78 is 5.19. The van der Waals surface area contributed by atoms with Gasteiger partial charge in [-0.25, -0.2) is 4.79 Å². The van der Waals surface area contributed by atoms with Gasteiger partial charge >= 0.3 is 6.09 Å². The smallest absolute Gasteiger partial charge is 0.410 e. The molecule has 4 nitrogen and oxygen atoms in total. The molecule has 1 aliphatic heterocycles. The van der Waals surface area contributed by atoms with Gasteiger partial charge in [-0.2, -0.15) is 0 Å². The highest BCUT2D eigenvalue weighted by Gasteiger charge is 2.33. The lowest BCUT2D eigenvalue weighted by Gasteiger charge is -2.24. The van der Waals surface area contributed by atoms with Crippen molar-refractivity contribution in [2.45, 2.75) is 39.4 Å². The molecule has 0 radical (unpaired) electrons. The van der Waals surface area contributed by atoms with Crippen LogP contribution < -0.4 is 0 Å². The predicted molar refractivity (Wildman–Crippen MR) is 53.0 cm³/mol. The van der Waals surface area contributed by atoms with Crippen LogP contribution in [-0.4, -0.2) is 40.9 Å². The van der Waals surface area contributed by atoms with Gasteiger partial charge in [0.05, 0.1) is 12.6 Å². The minimum Gasteiger partial charge on any atom is -0.444 e. The molecule has 0 spiro atoms. The fourth-order valence-corrected chi connectivity index (χ4v) is 1.43. The molecule has 14 heavy (non-hydrogen) atoms. The molecule has 1 aliphatic rings. The van der Waals surface area contributed by atoms with E-state index in [0.29, 0.717) is 13.1 Å². The second kappa shape index (κ2) is 3.77. The van der Waals surface area contributed by atoms with Crippen LogP contribution in [0.1, 0.15) is 27.7 Å². The third-order valence-corrected chi connectivity index (χ3v) is 2.22. The number of rotatable bonds is 0. The van der Waals surface area contributed by atoms with Crippen molar-refractivity contribution in [3.05, 3.63) is 0 Å². The van der Waals surface area contributed by atoms with Crippen molar-refractivity contribution in [2.24, 2.45) is 5.92 Å². The van der Waals surface area contributed by atoms with Crippen LogP contribution in [0.2, 0.25) is 0 Å². The standard InChI is InChI=1S/C10H19NO3/c1-7-5-11(6-8(7)12)9(13)14-10(2,3)4/h7-8,12H,5-6H2,1-4H3/t7-,8+/m0/s1. The molecule has 1 saturated heterocycles. The Balaban J connectivity index is 2.48. The third-order valence-electron chi connectivity index (χ3n) is 2.22. The third kappa shape index (κ3) is 2.87. The molecule has 82 valence electrons. The van der Waals surface area contributed by atoms with Crippen molar-refractivity contribution in [3.63, 3.8) is 0 Å². The van der Waals surface area contributed by atoms with E-state index in [-0.39, 0.29) is 12.0 Å². The van der Waals surface area contributed by atoms with Crippen molar-refractivity contribution < 1.29 is 14.6 Å². The molecule has 1 fully saturated rings. The van der Waals surface area contributed by atoms with E-state index in [1.165, 1.54) is 0 Å². The first-order valence-corrected chi connectivity index (χ1v) is 4.95. The first kappa shape index (κ1) is 11.3. The summed E-state index contributed by atoms with van der Waals surface area (Å²) in [5, 5.41) is 9.47. The van der Waals surface area contributed by atoms with E-state index in [1.807, 2.05) is 27.7 Å². The number of ether oxygens (including phenoxy) is 1. The molecule has 0 aromatic rings. The van der Waals surface area contributed by atoms with Crippen molar-refractivity contribution in [1.29, 1.82) is 0 Å². The Hall–Kier alpha value is -0.770. The van der Waals surface area contributed by atoms with Gasteiger partial charge in [-0.15, -0.1) is 0 Å². The summed E-state index contributed by atoms with van der Waals surface area (Å²) in [6.07, 6.45) is -0.747. The minimum atomic E-state index is -0.464. The van der Waals surface area contributed by atoms with Gasteiger partial charge in [0, 0.05) is 12.5 Å². The number of nitrogens with zero attached hydrogens (tertiary/aromatic N) is 1. The number of hydrogen-bond acceptors (Lipinski definition) is 3. The van der Waals surface area contributed by atoms with Gasteiger partial charge < -0.3 is 14.7 Å². The molecule has 1 heterocycles. The van der Waals surface area contributed by atoms with Crippen LogP contribution in [-0.2, 0) is 4.74 Å². The van der Waals surface area contributed by atoms with Crippen molar-refractivity contribution >= 4 is 6.09 Å². The molecule has 2 atom stereocenters. The van der Waals surface area contributed by atoms with E-state index in [4.69, 9.17) is 4.74 Å². The van der Waals surface area contributed by atoms with Crippen molar-refractivity contribution in [3.8, 4) is 0 Å². The molecule has 1 N–H and O–H groups in total.